The lowest BCUT2D eigenvalue weighted by Gasteiger charge is -2.17. The first-order chi connectivity index (χ1) is 9.40. The molecule has 0 aliphatic heterocycles. The maximum absolute atomic E-state index is 12.1. The molecule has 6 nitrogen and oxygen atoms in total. The highest BCUT2D eigenvalue weighted by molar-refractivity contribution is 6.31. The SMILES string of the molecule is Cc1nn(C)c(Cl)c1C=CC(=O)N(CC(=O)O)C1CC1. The summed E-state index contributed by atoms with van der Waals surface area (Å²) in [6.07, 6.45) is 4.67. The van der Waals surface area contributed by atoms with Gasteiger partial charge in [0, 0.05) is 24.7 Å². The molecule has 1 fully saturated rings. The smallest absolute Gasteiger partial charge is 0.323 e. The number of nitrogens with zero attached hydrogens (tertiary/aromatic N) is 3. The van der Waals surface area contributed by atoms with Crippen molar-refractivity contribution in [3.8, 4) is 0 Å². The van der Waals surface area contributed by atoms with Gasteiger partial charge < -0.3 is 10.0 Å². The number of hydrogen-bond donors (Lipinski definition) is 1. The Balaban J connectivity index is 2.12. The van der Waals surface area contributed by atoms with Crippen LogP contribution in [-0.2, 0) is 16.6 Å². The Labute approximate surface area is 121 Å². The van der Waals surface area contributed by atoms with Gasteiger partial charge in [-0.2, -0.15) is 5.10 Å². The second-order valence-electron chi connectivity index (χ2n) is 4.84. The second kappa shape index (κ2) is 5.66. The third-order valence-electron chi connectivity index (χ3n) is 3.17. The molecule has 0 radical (unpaired) electrons. The second-order valence-corrected chi connectivity index (χ2v) is 5.20. The van der Waals surface area contributed by atoms with Gasteiger partial charge in [-0.1, -0.05) is 11.6 Å². The normalized spacial score (nSPS) is 14.8. The molecule has 108 valence electrons. The van der Waals surface area contributed by atoms with E-state index in [0.29, 0.717) is 10.7 Å². The summed E-state index contributed by atoms with van der Waals surface area (Å²) in [5.41, 5.74) is 1.39. The van der Waals surface area contributed by atoms with Crippen molar-refractivity contribution >= 4 is 29.6 Å². The van der Waals surface area contributed by atoms with Gasteiger partial charge in [-0.05, 0) is 25.8 Å². The van der Waals surface area contributed by atoms with Gasteiger partial charge in [0.1, 0.15) is 11.7 Å². The molecule has 0 atom stereocenters. The Hall–Kier alpha value is -1.82. The Bertz CT molecular complexity index is 576. The van der Waals surface area contributed by atoms with Gasteiger partial charge in [-0.15, -0.1) is 0 Å². The van der Waals surface area contributed by atoms with Crippen LogP contribution in [0, 0.1) is 6.92 Å². The van der Waals surface area contributed by atoms with Crippen LogP contribution in [0.25, 0.3) is 6.08 Å². The number of carboxylic acid groups (broad SMARTS) is 1. The van der Waals surface area contributed by atoms with Crippen molar-refractivity contribution in [1.29, 1.82) is 0 Å². The molecule has 2 rings (SSSR count). The molecule has 1 aromatic heterocycles. The number of carboxylic acids is 1. The minimum atomic E-state index is -1.01. The maximum Gasteiger partial charge on any atom is 0.323 e. The Morgan fingerprint density at radius 2 is 2.20 bits per heavy atom. The average molecular weight is 298 g/mol. The van der Waals surface area contributed by atoms with E-state index in [0.717, 1.165) is 18.5 Å². The zero-order valence-electron chi connectivity index (χ0n) is 11.3. The highest BCUT2D eigenvalue weighted by Crippen LogP contribution is 2.27. The summed E-state index contributed by atoms with van der Waals surface area (Å²) in [7, 11) is 1.72. The number of hydrogen-bond acceptors (Lipinski definition) is 3. The van der Waals surface area contributed by atoms with Crippen molar-refractivity contribution in [1.82, 2.24) is 14.7 Å². The lowest BCUT2D eigenvalue weighted by molar-refractivity contribution is -0.143. The number of carbonyl (C=O) groups excluding carboxylic acids is 1. The number of amides is 1. The summed E-state index contributed by atoms with van der Waals surface area (Å²) in [6, 6.07) is 0.0497. The molecule has 1 amide bonds. The van der Waals surface area contributed by atoms with Gasteiger partial charge in [-0.25, -0.2) is 0 Å². The van der Waals surface area contributed by atoms with Gasteiger partial charge in [0.15, 0.2) is 0 Å². The van der Waals surface area contributed by atoms with E-state index in [1.165, 1.54) is 15.7 Å². The van der Waals surface area contributed by atoms with E-state index in [4.69, 9.17) is 16.7 Å². The fourth-order valence-electron chi connectivity index (χ4n) is 2.00. The molecule has 0 saturated heterocycles. The Morgan fingerprint density at radius 1 is 1.55 bits per heavy atom. The number of aryl methyl sites for hydroxylation is 2. The number of aromatic nitrogens is 2. The summed E-state index contributed by atoms with van der Waals surface area (Å²) in [5.74, 6) is -1.32. The van der Waals surface area contributed by atoms with Crippen molar-refractivity contribution in [2.75, 3.05) is 6.54 Å². The fraction of sp³-hybridized carbons (Fsp3) is 0.462. The molecule has 0 aromatic carbocycles. The zero-order valence-corrected chi connectivity index (χ0v) is 12.1. The van der Waals surface area contributed by atoms with E-state index in [-0.39, 0.29) is 18.5 Å². The van der Waals surface area contributed by atoms with E-state index < -0.39 is 5.97 Å². The highest BCUT2D eigenvalue weighted by atomic mass is 35.5. The summed E-state index contributed by atoms with van der Waals surface area (Å²) in [4.78, 5) is 24.2. The standard InChI is InChI=1S/C13H16ClN3O3/c1-8-10(13(14)16(2)15-8)5-6-11(18)17(7-12(19)20)9-3-4-9/h5-6,9H,3-4,7H2,1-2H3,(H,19,20). The summed E-state index contributed by atoms with van der Waals surface area (Å²) in [6.45, 7) is 1.53. The van der Waals surface area contributed by atoms with E-state index in [2.05, 4.69) is 5.10 Å². The van der Waals surface area contributed by atoms with E-state index in [1.54, 1.807) is 20.0 Å². The molecule has 1 N–H and O–H groups in total. The minimum Gasteiger partial charge on any atom is -0.480 e. The zero-order chi connectivity index (χ0) is 14.9. The van der Waals surface area contributed by atoms with Gasteiger partial charge in [0.05, 0.1) is 5.69 Å². The lowest BCUT2D eigenvalue weighted by Crippen LogP contribution is -2.36. The number of rotatable bonds is 5. The van der Waals surface area contributed by atoms with Crippen molar-refractivity contribution in [2.24, 2.45) is 7.05 Å². The van der Waals surface area contributed by atoms with Gasteiger partial charge >= 0.3 is 5.97 Å². The quantitative estimate of drug-likeness (QED) is 0.835. The molecule has 1 aliphatic rings. The van der Waals surface area contributed by atoms with Crippen LogP contribution < -0.4 is 0 Å². The van der Waals surface area contributed by atoms with E-state index in [1.807, 2.05) is 0 Å². The van der Waals surface area contributed by atoms with Crippen LogP contribution in [0.2, 0.25) is 5.15 Å². The predicted molar refractivity (Wildman–Crippen MR) is 74.4 cm³/mol. The minimum absolute atomic E-state index is 0.0497. The first-order valence-corrected chi connectivity index (χ1v) is 6.67. The number of carbonyl (C=O) groups is 2. The van der Waals surface area contributed by atoms with Crippen LogP contribution in [0.4, 0.5) is 0 Å². The Kier molecular flexibility index (Phi) is 4.13. The predicted octanol–water partition coefficient (Wildman–Crippen LogP) is 1.47. The molecule has 1 heterocycles. The molecule has 0 bridgehead atoms. The first kappa shape index (κ1) is 14.6. The molecule has 1 aromatic rings. The molecular formula is C13H16ClN3O3. The van der Waals surface area contributed by atoms with Crippen LogP contribution in [0.3, 0.4) is 0 Å². The molecule has 1 saturated carbocycles. The number of aliphatic carboxylic acids is 1. The van der Waals surface area contributed by atoms with Crippen LogP contribution in [0.1, 0.15) is 24.1 Å². The van der Waals surface area contributed by atoms with Crippen molar-refractivity contribution < 1.29 is 14.7 Å². The average Bonchev–Trinajstić information content (AvgIpc) is 3.15. The van der Waals surface area contributed by atoms with Crippen LogP contribution in [0.5, 0.6) is 0 Å². The van der Waals surface area contributed by atoms with Crippen LogP contribution >= 0.6 is 11.6 Å². The maximum atomic E-state index is 12.1. The molecule has 1 aliphatic carbocycles. The molecule has 7 heteroatoms. The van der Waals surface area contributed by atoms with E-state index in [9.17, 15) is 9.59 Å². The topological polar surface area (TPSA) is 75.4 Å². The molecule has 20 heavy (non-hydrogen) atoms. The van der Waals surface area contributed by atoms with Crippen LogP contribution in [0.15, 0.2) is 6.08 Å². The largest absolute Gasteiger partial charge is 0.480 e. The highest BCUT2D eigenvalue weighted by Gasteiger charge is 2.32. The number of halogens is 1. The summed E-state index contributed by atoms with van der Waals surface area (Å²) >= 11 is 6.07. The Morgan fingerprint density at radius 3 is 2.65 bits per heavy atom. The van der Waals surface area contributed by atoms with Gasteiger partial charge in [-0.3, -0.25) is 14.3 Å². The van der Waals surface area contributed by atoms with Gasteiger partial charge in [0.2, 0.25) is 5.91 Å². The monoisotopic (exact) mass is 297 g/mol. The molecular weight excluding hydrogens is 282 g/mol. The first-order valence-electron chi connectivity index (χ1n) is 6.29. The summed E-state index contributed by atoms with van der Waals surface area (Å²) < 4.78 is 1.52. The fourth-order valence-corrected chi connectivity index (χ4v) is 2.24. The summed E-state index contributed by atoms with van der Waals surface area (Å²) in [5, 5.41) is 13.4. The van der Waals surface area contributed by atoms with E-state index >= 15 is 0 Å². The van der Waals surface area contributed by atoms with Crippen molar-refractivity contribution in [2.45, 2.75) is 25.8 Å². The van der Waals surface area contributed by atoms with Crippen molar-refractivity contribution in [3.05, 3.63) is 22.5 Å². The third kappa shape index (κ3) is 3.19. The van der Waals surface area contributed by atoms with Gasteiger partial charge in [0.25, 0.3) is 0 Å². The van der Waals surface area contributed by atoms with Crippen LogP contribution in [-0.4, -0.2) is 44.3 Å². The third-order valence-corrected chi connectivity index (χ3v) is 3.61. The molecule has 0 spiro atoms. The molecule has 0 unspecified atom stereocenters. The van der Waals surface area contributed by atoms with Crippen molar-refractivity contribution in [3.63, 3.8) is 0 Å². The lowest BCUT2D eigenvalue weighted by atomic mass is 10.2.